The molecule has 1 aliphatic rings. The Morgan fingerprint density at radius 2 is 0.852 bits per heavy atom. The van der Waals surface area contributed by atoms with E-state index < -0.39 is 5.41 Å². The van der Waals surface area contributed by atoms with Crippen molar-refractivity contribution in [2.45, 2.75) is 5.41 Å². The molecule has 1 aliphatic heterocycles. The smallest absolute Gasteiger partial charge is 0.164 e. The molecule has 54 heavy (non-hydrogen) atoms. The number of rotatable bonds is 6. The van der Waals surface area contributed by atoms with Crippen LogP contribution in [0.15, 0.2) is 200 Å². The molecule has 0 radical (unpaired) electrons. The number of hydrogen-bond donors (Lipinski definition) is 0. The summed E-state index contributed by atoms with van der Waals surface area (Å²) in [5.74, 6) is 3.62. The topological polar surface area (TPSA) is 47.9 Å². The van der Waals surface area contributed by atoms with E-state index in [0.717, 1.165) is 66.8 Å². The zero-order valence-corrected chi connectivity index (χ0v) is 29.3. The number of fused-ring (bicyclic) bond motifs is 3. The first-order valence-electron chi connectivity index (χ1n) is 18.2. The summed E-state index contributed by atoms with van der Waals surface area (Å²) in [7, 11) is 0. The molecule has 4 heteroatoms. The first-order chi connectivity index (χ1) is 26.8. The molecule has 8 aromatic carbocycles. The van der Waals surface area contributed by atoms with E-state index in [-0.39, 0.29) is 0 Å². The van der Waals surface area contributed by atoms with Gasteiger partial charge in [-0.2, -0.15) is 0 Å². The molecule has 9 aromatic rings. The highest BCUT2D eigenvalue weighted by Crippen LogP contribution is 2.55. The lowest BCUT2D eigenvalue weighted by molar-refractivity contribution is 0.434. The zero-order valence-electron chi connectivity index (χ0n) is 29.3. The van der Waals surface area contributed by atoms with Crippen molar-refractivity contribution in [2.75, 3.05) is 0 Å². The Hall–Kier alpha value is -7.17. The predicted molar refractivity (Wildman–Crippen MR) is 217 cm³/mol. The summed E-state index contributed by atoms with van der Waals surface area (Å²) in [4.78, 5) is 15.2. The Bertz CT molecular complexity index is 2760. The van der Waals surface area contributed by atoms with Crippen LogP contribution >= 0.6 is 0 Å². The average Bonchev–Trinajstić information content (AvgIpc) is 3.26. The van der Waals surface area contributed by atoms with E-state index in [0.29, 0.717) is 17.5 Å². The summed E-state index contributed by atoms with van der Waals surface area (Å²) in [6, 6.07) is 69.8. The first kappa shape index (κ1) is 31.6. The Balaban J connectivity index is 1.14. The van der Waals surface area contributed by atoms with E-state index in [2.05, 4.69) is 158 Å². The largest absolute Gasteiger partial charge is 0.457 e. The maximum absolute atomic E-state index is 6.54. The van der Waals surface area contributed by atoms with Gasteiger partial charge in [-0.25, -0.2) is 15.0 Å². The summed E-state index contributed by atoms with van der Waals surface area (Å²) in [6.45, 7) is 0. The predicted octanol–water partition coefficient (Wildman–Crippen LogP) is 12.2. The zero-order chi connectivity index (χ0) is 35.9. The van der Waals surface area contributed by atoms with Gasteiger partial charge in [-0.1, -0.05) is 176 Å². The summed E-state index contributed by atoms with van der Waals surface area (Å²) >= 11 is 0. The number of ether oxygens (including phenoxy) is 1. The quantitative estimate of drug-likeness (QED) is 0.174. The Morgan fingerprint density at radius 3 is 1.61 bits per heavy atom. The van der Waals surface area contributed by atoms with Crippen molar-refractivity contribution in [3.8, 4) is 56.8 Å². The maximum atomic E-state index is 6.54. The highest BCUT2D eigenvalue weighted by Gasteiger charge is 2.45. The second-order valence-electron chi connectivity index (χ2n) is 13.6. The standard InChI is InChI=1S/C50H33N3O/c1-3-17-35(18-4-1)47-51-48(53-49(52-47)42-27-15-19-34-16-7-8-26-41(34)42)38-22-13-20-36(32-38)37-21-14-25-40(33-37)50(39-23-5-2-6-24-39)43-28-9-11-30-45(43)54-46-31-12-10-29-44(46)50/h1-33H. The van der Waals surface area contributed by atoms with Crippen molar-refractivity contribution in [1.82, 2.24) is 15.0 Å². The van der Waals surface area contributed by atoms with Crippen LogP contribution in [0.25, 0.3) is 56.1 Å². The monoisotopic (exact) mass is 691 g/mol. The number of benzene rings is 8. The fraction of sp³-hybridized carbons (Fsp3) is 0.0200. The molecule has 0 atom stereocenters. The highest BCUT2D eigenvalue weighted by atomic mass is 16.5. The molecule has 1 aromatic heterocycles. The minimum absolute atomic E-state index is 0.605. The van der Waals surface area contributed by atoms with Crippen LogP contribution in [0.2, 0.25) is 0 Å². The van der Waals surface area contributed by atoms with E-state index in [9.17, 15) is 0 Å². The molecule has 0 saturated heterocycles. The molecule has 0 aliphatic carbocycles. The molecule has 0 amide bonds. The van der Waals surface area contributed by atoms with Crippen LogP contribution in [0.3, 0.4) is 0 Å². The summed E-state index contributed by atoms with van der Waals surface area (Å²) < 4.78 is 6.54. The molecule has 0 fully saturated rings. The number of aromatic nitrogens is 3. The summed E-state index contributed by atoms with van der Waals surface area (Å²) in [5, 5.41) is 2.24. The molecule has 4 nitrogen and oxygen atoms in total. The minimum Gasteiger partial charge on any atom is -0.457 e. The second kappa shape index (κ2) is 13.1. The molecule has 2 heterocycles. The molecule has 0 N–H and O–H groups in total. The third kappa shape index (κ3) is 5.27. The van der Waals surface area contributed by atoms with Crippen LogP contribution in [-0.4, -0.2) is 15.0 Å². The van der Waals surface area contributed by atoms with Gasteiger partial charge in [0.2, 0.25) is 0 Å². The van der Waals surface area contributed by atoms with Gasteiger partial charge in [0.15, 0.2) is 17.5 Å². The summed E-state index contributed by atoms with van der Waals surface area (Å²) in [6.07, 6.45) is 0. The Morgan fingerprint density at radius 1 is 0.352 bits per heavy atom. The Kier molecular flexibility index (Phi) is 7.66. The number of nitrogens with zero attached hydrogens (tertiary/aromatic N) is 3. The minimum atomic E-state index is -0.605. The van der Waals surface area contributed by atoms with Crippen LogP contribution in [0.5, 0.6) is 11.5 Å². The number of para-hydroxylation sites is 2. The van der Waals surface area contributed by atoms with Crippen molar-refractivity contribution in [3.05, 3.63) is 222 Å². The third-order valence-corrected chi connectivity index (χ3v) is 10.5. The van der Waals surface area contributed by atoms with Crippen molar-refractivity contribution in [3.63, 3.8) is 0 Å². The molecule has 10 rings (SSSR count). The Labute approximate surface area is 314 Å². The fourth-order valence-electron chi connectivity index (χ4n) is 8.00. The molecule has 0 spiro atoms. The van der Waals surface area contributed by atoms with Gasteiger partial charge in [0.05, 0.1) is 5.41 Å². The normalized spacial score (nSPS) is 12.7. The van der Waals surface area contributed by atoms with Crippen molar-refractivity contribution in [1.29, 1.82) is 0 Å². The van der Waals surface area contributed by atoms with Gasteiger partial charge in [-0.3, -0.25) is 0 Å². The first-order valence-corrected chi connectivity index (χ1v) is 18.2. The van der Waals surface area contributed by atoms with Crippen molar-refractivity contribution >= 4 is 10.8 Å². The van der Waals surface area contributed by atoms with Crippen LogP contribution in [0.1, 0.15) is 22.3 Å². The van der Waals surface area contributed by atoms with Gasteiger partial charge in [0, 0.05) is 27.8 Å². The van der Waals surface area contributed by atoms with E-state index in [4.69, 9.17) is 19.7 Å². The maximum Gasteiger partial charge on any atom is 0.164 e. The fourth-order valence-corrected chi connectivity index (χ4v) is 8.00. The molecule has 0 unspecified atom stereocenters. The molecule has 254 valence electrons. The highest BCUT2D eigenvalue weighted by molar-refractivity contribution is 5.95. The summed E-state index contributed by atoms with van der Waals surface area (Å²) in [5.41, 5.74) is 8.95. The SMILES string of the molecule is c1ccc(-c2nc(-c3cccc(-c4cccc(C5(c6ccccc6)c6ccccc6Oc6ccccc65)c4)c3)nc(-c3cccc4ccccc34)n2)cc1. The lowest BCUT2D eigenvalue weighted by atomic mass is 9.63. The second-order valence-corrected chi connectivity index (χ2v) is 13.6. The van der Waals surface area contributed by atoms with Gasteiger partial charge < -0.3 is 4.74 Å². The van der Waals surface area contributed by atoms with E-state index in [1.807, 2.05) is 42.5 Å². The van der Waals surface area contributed by atoms with Crippen molar-refractivity contribution < 1.29 is 4.74 Å². The lowest BCUT2D eigenvalue weighted by Gasteiger charge is -2.41. The van der Waals surface area contributed by atoms with Gasteiger partial charge in [0.25, 0.3) is 0 Å². The van der Waals surface area contributed by atoms with E-state index in [1.165, 1.54) is 5.56 Å². The lowest BCUT2D eigenvalue weighted by Crippen LogP contribution is -2.34. The van der Waals surface area contributed by atoms with Gasteiger partial charge in [-0.05, 0) is 57.3 Å². The van der Waals surface area contributed by atoms with Crippen LogP contribution < -0.4 is 4.74 Å². The van der Waals surface area contributed by atoms with Gasteiger partial charge >= 0.3 is 0 Å². The van der Waals surface area contributed by atoms with Crippen LogP contribution in [-0.2, 0) is 5.41 Å². The molecular weight excluding hydrogens is 659 g/mol. The van der Waals surface area contributed by atoms with Gasteiger partial charge in [-0.15, -0.1) is 0 Å². The van der Waals surface area contributed by atoms with Gasteiger partial charge in [0.1, 0.15) is 11.5 Å². The molecular formula is C50H33N3O. The van der Waals surface area contributed by atoms with E-state index in [1.54, 1.807) is 0 Å². The van der Waals surface area contributed by atoms with E-state index >= 15 is 0 Å². The van der Waals surface area contributed by atoms with Crippen LogP contribution in [0.4, 0.5) is 0 Å². The molecule has 0 bridgehead atoms. The van der Waals surface area contributed by atoms with Crippen molar-refractivity contribution in [2.24, 2.45) is 0 Å². The van der Waals surface area contributed by atoms with Crippen LogP contribution in [0, 0.1) is 0 Å². The average molecular weight is 692 g/mol. The number of hydrogen-bond acceptors (Lipinski definition) is 4. The third-order valence-electron chi connectivity index (χ3n) is 10.5. The molecule has 0 saturated carbocycles.